The van der Waals surface area contributed by atoms with Gasteiger partial charge in [0, 0.05) is 5.02 Å². The summed E-state index contributed by atoms with van der Waals surface area (Å²) < 4.78 is 6.68. The van der Waals surface area contributed by atoms with Crippen LogP contribution in [0.5, 0.6) is 5.75 Å². The molecule has 0 bridgehead atoms. The van der Waals surface area contributed by atoms with E-state index in [0.29, 0.717) is 18.2 Å². The van der Waals surface area contributed by atoms with Gasteiger partial charge >= 0.3 is 0 Å². The van der Waals surface area contributed by atoms with Gasteiger partial charge in [0.15, 0.2) is 0 Å². The van der Waals surface area contributed by atoms with Crippen molar-refractivity contribution in [1.29, 1.82) is 0 Å². The van der Waals surface area contributed by atoms with Crippen molar-refractivity contribution in [2.45, 2.75) is 13.0 Å². The lowest BCUT2D eigenvalue weighted by molar-refractivity contribution is 0.303. The first kappa shape index (κ1) is 14.4. The summed E-state index contributed by atoms with van der Waals surface area (Å²) in [4.78, 5) is 0. The summed E-state index contributed by atoms with van der Waals surface area (Å²) in [5, 5.41) is 0.683. The maximum atomic E-state index is 5.90. The molecule has 0 saturated carbocycles. The molecule has 0 aliphatic carbocycles. The standard InChI is InChI=1S/C15H15BrClNO/c16-14-9-13(17)5-6-15(14)19-10-12-4-2-1-3-11(12)7-8-18/h1-6,9H,7-8,10,18H2. The summed E-state index contributed by atoms with van der Waals surface area (Å²) in [6, 6.07) is 13.7. The average Bonchev–Trinajstić information content (AvgIpc) is 2.40. The van der Waals surface area contributed by atoms with Crippen LogP contribution in [0.1, 0.15) is 11.1 Å². The molecule has 0 unspecified atom stereocenters. The van der Waals surface area contributed by atoms with E-state index in [1.807, 2.05) is 30.3 Å². The molecule has 0 aliphatic heterocycles. The zero-order valence-corrected chi connectivity index (χ0v) is 12.7. The lowest BCUT2D eigenvalue weighted by Gasteiger charge is -2.11. The van der Waals surface area contributed by atoms with E-state index in [1.54, 1.807) is 0 Å². The third-order valence-electron chi connectivity index (χ3n) is 2.81. The Balaban J connectivity index is 2.10. The lowest BCUT2D eigenvalue weighted by Crippen LogP contribution is -2.07. The van der Waals surface area contributed by atoms with Gasteiger partial charge in [-0.05, 0) is 58.2 Å². The summed E-state index contributed by atoms with van der Waals surface area (Å²) in [6.07, 6.45) is 0.862. The van der Waals surface area contributed by atoms with Crippen LogP contribution in [0.4, 0.5) is 0 Å². The minimum Gasteiger partial charge on any atom is -0.488 e. The largest absolute Gasteiger partial charge is 0.488 e. The third kappa shape index (κ3) is 3.96. The summed E-state index contributed by atoms with van der Waals surface area (Å²) in [6.45, 7) is 1.16. The molecule has 2 nitrogen and oxygen atoms in total. The fourth-order valence-corrected chi connectivity index (χ4v) is 2.64. The Kier molecular flexibility index (Phi) is 5.25. The molecule has 0 saturated heterocycles. The smallest absolute Gasteiger partial charge is 0.134 e. The van der Waals surface area contributed by atoms with Crippen molar-refractivity contribution in [2.24, 2.45) is 5.73 Å². The molecule has 0 fully saturated rings. The van der Waals surface area contributed by atoms with Crippen LogP contribution in [0.15, 0.2) is 46.9 Å². The Labute approximate surface area is 126 Å². The van der Waals surface area contributed by atoms with Crippen molar-refractivity contribution < 1.29 is 4.74 Å². The van der Waals surface area contributed by atoms with Gasteiger partial charge in [-0.3, -0.25) is 0 Å². The van der Waals surface area contributed by atoms with Crippen LogP contribution in [-0.2, 0) is 13.0 Å². The zero-order valence-electron chi connectivity index (χ0n) is 10.4. The second-order valence-corrected chi connectivity index (χ2v) is 5.46. The van der Waals surface area contributed by atoms with Gasteiger partial charge in [-0.2, -0.15) is 0 Å². The molecule has 0 aliphatic rings. The predicted molar refractivity (Wildman–Crippen MR) is 82.7 cm³/mol. The van der Waals surface area contributed by atoms with Crippen LogP contribution in [-0.4, -0.2) is 6.54 Å². The van der Waals surface area contributed by atoms with Gasteiger partial charge in [0.25, 0.3) is 0 Å². The average molecular weight is 341 g/mol. The maximum Gasteiger partial charge on any atom is 0.134 e. The van der Waals surface area contributed by atoms with E-state index in [-0.39, 0.29) is 0 Å². The Bertz CT molecular complexity index is 560. The summed E-state index contributed by atoms with van der Waals surface area (Å²) >= 11 is 9.34. The highest BCUT2D eigenvalue weighted by atomic mass is 79.9. The molecule has 100 valence electrons. The van der Waals surface area contributed by atoms with Crippen molar-refractivity contribution in [1.82, 2.24) is 0 Å². The van der Waals surface area contributed by atoms with Gasteiger partial charge in [-0.25, -0.2) is 0 Å². The molecule has 0 radical (unpaired) electrons. The first-order valence-electron chi connectivity index (χ1n) is 6.05. The molecule has 19 heavy (non-hydrogen) atoms. The van der Waals surface area contributed by atoms with Crippen LogP contribution >= 0.6 is 27.5 Å². The van der Waals surface area contributed by atoms with E-state index in [0.717, 1.165) is 22.2 Å². The Morgan fingerprint density at radius 1 is 1.11 bits per heavy atom. The van der Waals surface area contributed by atoms with Gasteiger partial charge < -0.3 is 10.5 Å². The molecule has 2 rings (SSSR count). The number of rotatable bonds is 5. The number of hydrogen-bond acceptors (Lipinski definition) is 2. The minimum absolute atomic E-state index is 0.524. The van der Waals surface area contributed by atoms with Gasteiger partial charge in [0.2, 0.25) is 0 Å². The molecule has 4 heteroatoms. The summed E-state index contributed by atoms with van der Waals surface area (Å²) in [5.41, 5.74) is 8.01. The number of ether oxygens (including phenoxy) is 1. The highest BCUT2D eigenvalue weighted by Gasteiger charge is 2.05. The summed E-state index contributed by atoms with van der Waals surface area (Å²) in [5.74, 6) is 0.784. The molecule has 0 heterocycles. The second kappa shape index (κ2) is 6.94. The van der Waals surface area contributed by atoms with E-state index >= 15 is 0 Å². The fraction of sp³-hybridized carbons (Fsp3) is 0.200. The number of halogens is 2. The minimum atomic E-state index is 0.524. The number of benzene rings is 2. The quantitative estimate of drug-likeness (QED) is 0.886. The van der Waals surface area contributed by atoms with Gasteiger partial charge in [0.05, 0.1) is 4.47 Å². The normalized spacial score (nSPS) is 10.5. The lowest BCUT2D eigenvalue weighted by atomic mass is 10.1. The number of hydrogen-bond donors (Lipinski definition) is 1. The molecule has 2 aromatic carbocycles. The third-order valence-corrected chi connectivity index (χ3v) is 3.66. The van der Waals surface area contributed by atoms with E-state index in [2.05, 4.69) is 28.1 Å². The molecule has 0 atom stereocenters. The molecule has 0 aromatic heterocycles. The summed E-state index contributed by atoms with van der Waals surface area (Å²) in [7, 11) is 0. The SMILES string of the molecule is NCCc1ccccc1COc1ccc(Cl)cc1Br. The van der Waals surface area contributed by atoms with Crippen LogP contribution in [0.2, 0.25) is 5.02 Å². The van der Waals surface area contributed by atoms with Crippen molar-refractivity contribution in [3.8, 4) is 5.75 Å². The Morgan fingerprint density at radius 3 is 2.53 bits per heavy atom. The van der Waals surface area contributed by atoms with Crippen molar-refractivity contribution in [3.05, 3.63) is 63.1 Å². The monoisotopic (exact) mass is 339 g/mol. The van der Waals surface area contributed by atoms with E-state index in [4.69, 9.17) is 22.1 Å². The van der Waals surface area contributed by atoms with E-state index in [9.17, 15) is 0 Å². The molecule has 2 N–H and O–H groups in total. The van der Waals surface area contributed by atoms with Crippen LogP contribution in [0.25, 0.3) is 0 Å². The Morgan fingerprint density at radius 2 is 1.84 bits per heavy atom. The van der Waals surface area contributed by atoms with Crippen molar-refractivity contribution >= 4 is 27.5 Å². The number of nitrogens with two attached hydrogens (primary N) is 1. The van der Waals surface area contributed by atoms with Gasteiger partial charge in [-0.1, -0.05) is 35.9 Å². The fourth-order valence-electron chi connectivity index (χ4n) is 1.85. The van der Waals surface area contributed by atoms with Crippen LogP contribution in [0, 0.1) is 0 Å². The first-order valence-corrected chi connectivity index (χ1v) is 7.22. The van der Waals surface area contributed by atoms with E-state index < -0.39 is 0 Å². The highest BCUT2D eigenvalue weighted by Crippen LogP contribution is 2.28. The highest BCUT2D eigenvalue weighted by molar-refractivity contribution is 9.10. The van der Waals surface area contributed by atoms with Gasteiger partial charge in [-0.15, -0.1) is 0 Å². The molecule has 2 aromatic rings. The van der Waals surface area contributed by atoms with Crippen LogP contribution < -0.4 is 10.5 Å². The van der Waals surface area contributed by atoms with E-state index in [1.165, 1.54) is 5.56 Å². The second-order valence-electron chi connectivity index (χ2n) is 4.17. The van der Waals surface area contributed by atoms with Gasteiger partial charge in [0.1, 0.15) is 12.4 Å². The van der Waals surface area contributed by atoms with Crippen LogP contribution in [0.3, 0.4) is 0 Å². The molecular formula is C15H15BrClNO. The maximum absolute atomic E-state index is 5.90. The topological polar surface area (TPSA) is 35.2 Å². The van der Waals surface area contributed by atoms with Crippen molar-refractivity contribution in [3.63, 3.8) is 0 Å². The molecule has 0 spiro atoms. The molecular weight excluding hydrogens is 326 g/mol. The first-order chi connectivity index (χ1) is 9.20. The Hall–Kier alpha value is -1.03. The molecule has 0 amide bonds. The predicted octanol–water partition coefficient (Wildman–Crippen LogP) is 4.18. The zero-order chi connectivity index (χ0) is 13.7. The van der Waals surface area contributed by atoms with Crippen molar-refractivity contribution in [2.75, 3.05) is 6.54 Å².